The fourth-order valence-corrected chi connectivity index (χ4v) is 2.06. The van der Waals surface area contributed by atoms with Crippen LogP contribution in [0.15, 0.2) is 57.7 Å². The highest BCUT2D eigenvalue weighted by Gasteiger charge is 2.12. The summed E-state index contributed by atoms with van der Waals surface area (Å²) in [5.74, 6) is 0.844. The third-order valence-corrected chi connectivity index (χ3v) is 3.20. The molecule has 0 bridgehead atoms. The molecule has 1 amide bonds. The van der Waals surface area contributed by atoms with Gasteiger partial charge in [0.2, 0.25) is 5.76 Å². The van der Waals surface area contributed by atoms with Gasteiger partial charge in [-0.15, -0.1) is 0 Å². The van der Waals surface area contributed by atoms with E-state index >= 15 is 0 Å². The number of hydrogen-bond donors (Lipinski definition) is 1. The highest BCUT2D eigenvalue weighted by molar-refractivity contribution is 6.33. The van der Waals surface area contributed by atoms with Gasteiger partial charge in [0.15, 0.2) is 5.76 Å². The van der Waals surface area contributed by atoms with Crippen LogP contribution in [-0.2, 0) is 6.54 Å². The van der Waals surface area contributed by atoms with Crippen molar-refractivity contribution in [2.45, 2.75) is 6.54 Å². The Morgan fingerprint density at radius 1 is 1.19 bits per heavy atom. The van der Waals surface area contributed by atoms with Crippen LogP contribution in [0, 0.1) is 0 Å². The maximum absolute atomic E-state index is 12.0. The second-order valence-electron chi connectivity index (χ2n) is 4.32. The number of carbonyl (C=O) groups excluding carboxylic acids is 1. The van der Waals surface area contributed by atoms with Gasteiger partial charge in [0.1, 0.15) is 5.69 Å². The number of nitrogens with zero attached hydrogens (tertiary/aromatic N) is 1. The smallest absolute Gasteiger partial charge is 0.253 e. The number of amides is 1. The minimum absolute atomic E-state index is 0.244. The van der Waals surface area contributed by atoms with E-state index < -0.39 is 0 Å². The molecule has 0 saturated carbocycles. The number of hydrogen-bond acceptors (Lipinski definition) is 4. The van der Waals surface area contributed by atoms with E-state index in [0.717, 1.165) is 0 Å². The van der Waals surface area contributed by atoms with Crippen LogP contribution >= 0.6 is 11.6 Å². The topological polar surface area (TPSA) is 68.3 Å². The summed E-state index contributed by atoms with van der Waals surface area (Å²) < 4.78 is 10.4. The molecule has 0 aliphatic heterocycles. The zero-order valence-electron chi connectivity index (χ0n) is 10.9. The number of rotatable bonds is 4. The first-order chi connectivity index (χ1) is 10.2. The van der Waals surface area contributed by atoms with Crippen LogP contribution in [-0.4, -0.2) is 11.1 Å². The monoisotopic (exact) mass is 302 g/mol. The number of furan rings is 1. The van der Waals surface area contributed by atoms with E-state index in [1.54, 1.807) is 48.7 Å². The largest absolute Gasteiger partial charge is 0.461 e. The molecule has 0 unspecified atom stereocenters. The lowest BCUT2D eigenvalue weighted by molar-refractivity contribution is 0.0950. The van der Waals surface area contributed by atoms with E-state index in [4.69, 9.17) is 20.5 Å². The summed E-state index contributed by atoms with van der Waals surface area (Å²) in [7, 11) is 0. The second-order valence-corrected chi connectivity index (χ2v) is 4.73. The van der Waals surface area contributed by atoms with Crippen molar-refractivity contribution in [1.29, 1.82) is 0 Å². The van der Waals surface area contributed by atoms with Crippen molar-refractivity contribution in [3.8, 4) is 11.5 Å². The van der Waals surface area contributed by atoms with Gasteiger partial charge in [-0.1, -0.05) is 28.9 Å². The minimum Gasteiger partial charge on any atom is -0.461 e. The molecule has 5 nitrogen and oxygen atoms in total. The van der Waals surface area contributed by atoms with Crippen molar-refractivity contribution in [1.82, 2.24) is 10.5 Å². The van der Waals surface area contributed by atoms with Gasteiger partial charge in [-0.3, -0.25) is 4.79 Å². The third-order valence-electron chi connectivity index (χ3n) is 2.87. The molecule has 6 heteroatoms. The summed E-state index contributed by atoms with van der Waals surface area (Å²) in [4.78, 5) is 12.0. The van der Waals surface area contributed by atoms with Crippen LogP contribution in [0.3, 0.4) is 0 Å². The first kappa shape index (κ1) is 13.5. The van der Waals surface area contributed by atoms with Gasteiger partial charge in [0.25, 0.3) is 5.91 Å². The van der Waals surface area contributed by atoms with Crippen molar-refractivity contribution in [2.24, 2.45) is 0 Å². The van der Waals surface area contributed by atoms with Crippen molar-refractivity contribution in [2.75, 3.05) is 0 Å². The van der Waals surface area contributed by atoms with E-state index in [-0.39, 0.29) is 12.5 Å². The molecule has 0 spiro atoms. The maximum atomic E-state index is 12.0. The molecule has 1 N–H and O–H groups in total. The van der Waals surface area contributed by atoms with Gasteiger partial charge >= 0.3 is 0 Å². The van der Waals surface area contributed by atoms with Crippen LogP contribution < -0.4 is 5.32 Å². The molecule has 3 rings (SSSR count). The average Bonchev–Trinajstić information content (AvgIpc) is 3.16. The average molecular weight is 303 g/mol. The number of nitrogens with one attached hydrogen (secondary N) is 1. The van der Waals surface area contributed by atoms with Gasteiger partial charge < -0.3 is 14.3 Å². The predicted octanol–water partition coefficient (Wildman–Crippen LogP) is 3.52. The number of aromatic nitrogens is 1. The Balaban J connectivity index is 1.66. The summed E-state index contributed by atoms with van der Waals surface area (Å²) in [6.07, 6.45) is 1.55. The van der Waals surface area contributed by atoms with Gasteiger partial charge in [-0.2, -0.15) is 0 Å². The van der Waals surface area contributed by atoms with Gasteiger partial charge in [0.05, 0.1) is 23.4 Å². The van der Waals surface area contributed by atoms with E-state index in [2.05, 4.69) is 10.5 Å². The molecule has 0 fully saturated rings. The lowest BCUT2D eigenvalue weighted by atomic mass is 10.2. The Hall–Kier alpha value is -2.53. The molecular weight excluding hydrogens is 292 g/mol. The Morgan fingerprint density at radius 3 is 2.81 bits per heavy atom. The quantitative estimate of drug-likeness (QED) is 0.800. The lowest BCUT2D eigenvalue weighted by Crippen LogP contribution is -2.23. The number of benzene rings is 1. The highest BCUT2D eigenvalue weighted by atomic mass is 35.5. The van der Waals surface area contributed by atoms with E-state index in [1.807, 2.05) is 0 Å². The van der Waals surface area contributed by atoms with Gasteiger partial charge in [-0.25, -0.2) is 0 Å². The summed E-state index contributed by atoms with van der Waals surface area (Å²) in [5, 5.41) is 7.02. The molecule has 0 atom stereocenters. The lowest BCUT2D eigenvalue weighted by Gasteiger charge is -2.04. The molecule has 0 saturated heterocycles. The first-order valence-corrected chi connectivity index (χ1v) is 6.64. The standard InChI is InChI=1S/C15H11ClN2O3/c16-12-5-2-1-4-11(12)15(19)17-9-10-8-14(21-18-10)13-6-3-7-20-13/h1-8H,9H2,(H,17,19). The fourth-order valence-electron chi connectivity index (χ4n) is 1.84. The Labute approximate surface area is 125 Å². The maximum Gasteiger partial charge on any atom is 0.253 e. The van der Waals surface area contributed by atoms with Crippen molar-refractivity contribution in [3.05, 3.63) is 65.0 Å². The van der Waals surface area contributed by atoms with E-state index in [1.165, 1.54) is 0 Å². The number of halogens is 1. The molecule has 3 aromatic rings. The van der Waals surface area contributed by atoms with Crippen molar-refractivity contribution >= 4 is 17.5 Å². The molecule has 106 valence electrons. The van der Waals surface area contributed by atoms with Crippen LogP contribution in [0.2, 0.25) is 5.02 Å². The predicted molar refractivity (Wildman–Crippen MR) is 76.8 cm³/mol. The zero-order chi connectivity index (χ0) is 14.7. The molecular formula is C15H11ClN2O3. The van der Waals surface area contributed by atoms with Crippen LogP contribution in [0.1, 0.15) is 16.1 Å². The summed E-state index contributed by atoms with van der Waals surface area (Å²) in [6, 6.07) is 12.1. The van der Waals surface area contributed by atoms with E-state index in [0.29, 0.717) is 27.8 Å². The number of carbonyl (C=O) groups is 1. The van der Waals surface area contributed by atoms with Crippen molar-refractivity contribution in [3.63, 3.8) is 0 Å². The first-order valence-electron chi connectivity index (χ1n) is 6.26. The van der Waals surface area contributed by atoms with Crippen molar-refractivity contribution < 1.29 is 13.7 Å². The van der Waals surface area contributed by atoms with E-state index in [9.17, 15) is 4.79 Å². The fraction of sp³-hybridized carbons (Fsp3) is 0.0667. The molecule has 0 aliphatic carbocycles. The second kappa shape index (κ2) is 5.85. The Kier molecular flexibility index (Phi) is 3.75. The van der Waals surface area contributed by atoms with Gasteiger partial charge in [0, 0.05) is 6.07 Å². The highest BCUT2D eigenvalue weighted by Crippen LogP contribution is 2.20. The van der Waals surface area contributed by atoms with Gasteiger partial charge in [-0.05, 0) is 24.3 Å². The summed E-state index contributed by atoms with van der Waals surface area (Å²) >= 11 is 5.97. The van der Waals surface area contributed by atoms with Crippen LogP contribution in [0.4, 0.5) is 0 Å². The molecule has 2 aromatic heterocycles. The molecule has 2 heterocycles. The summed E-state index contributed by atoms with van der Waals surface area (Å²) in [5.41, 5.74) is 1.02. The molecule has 0 aliphatic rings. The third kappa shape index (κ3) is 2.98. The minimum atomic E-state index is -0.261. The normalized spacial score (nSPS) is 10.5. The molecule has 0 radical (unpaired) electrons. The SMILES string of the molecule is O=C(NCc1cc(-c2ccco2)on1)c1ccccc1Cl. The zero-order valence-corrected chi connectivity index (χ0v) is 11.6. The molecule has 1 aromatic carbocycles. The Morgan fingerprint density at radius 2 is 2.05 bits per heavy atom. The molecule has 21 heavy (non-hydrogen) atoms. The summed E-state index contributed by atoms with van der Waals surface area (Å²) in [6.45, 7) is 0.244. The van der Waals surface area contributed by atoms with Crippen LogP contribution in [0.25, 0.3) is 11.5 Å². The van der Waals surface area contributed by atoms with Crippen LogP contribution in [0.5, 0.6) is 0 Å². The Bertz CT molecular complexity index is 750.